The van der Waals surface area contributed by atoms with Crippen LogP contribution in [0.4, 0.5) is 0 Å². The smallest absolute Gasteiger partial charge is 0.244 e. The molecule has 0 atom stereocenters. The Morgan fingerprint density at radius 2 is 2.05 bits per heavy atom. The molecule has 2 rings (SSSR count). The summed E-state index contributed by atoms with van der Waals surface area (Å²) in [5.41, 5.74) is 5.44. The van der Waals surface area contributed by atoms with Gasteiger partial charge in [-0.15, -0.1) is 11.3 Å². The molecular formula is C14H24N2O3S2. The fourth-order valence-corrected chi connectivity index (χ4v) is 5.57. The van der Waals surface area contributed by atoms with Crippen LogP contribution in [0.2, 0.25) is 0 Å². The first-order chi connectivity index (χ1) is 9.95. The number of hydrogen-bond acceptors (Lipinski definition) is 5. The van der Waals surface area contributed by atoms with E-state index in [1.54, 1.807) is 10.4 Å². The average molecular weight is 332 g/mol. The Morgan fingerprint density at radius 1 is 1.38 bits per heavy atom. The molecule has 1 aromatic heterocycles. The van der Waals surface area contributed by atoms with Crippen LogP contribution in [0.5, 0.6) is 0 Å². The molecule has 0 spiro atoms. The molecule has 1 aromatic rings. The van der Waals surface area contributed by atoms with Gasteiger partial charge >= 0.3 is 0 Å². The number of ether oxygens (including phenoxy) is 1. The fraction of sp³-hybridized carbons (Fsp3) is 0.714. The van der Waals surface area contributed by atoms with Gasteiger partial charge in [-0.25, -0.2) is 8.42 Å². The molecule has 0 aromatic carbocycles. The predicted octanol–water partition coefficient (Wildman–Crippen LogP) is 1.88. The topological polar surface area (TPSA) is 72.6 Å². The van der Waals surface area contributed by atoms with E-state index >= 15 is 0 Å². The van der Waals surface area contributed by atoms with Crippen LogP contribution in [0.25, 0.3) is 0 Å². The van der Waals surface area contributed by atoms with E-state index in [0.717, 1.165) is 29.0 Å². The van der Waals surface area contributed by atoms with E-state index in [0.29, 0.717) is 31.1 Å². The number of rotatable bonds is 6. The Hall–Kier alpha value is -0.470. The molecule has 0 saturated carbocycles. The summed E-state index contributed by atoms with van der Waals surface area (Å²) in [6, 6.07) is 1.78. The Balaban J connectivity index is 1.96. The van der Waals surface area contributed by atoms with Crippen molar-refractivity contribution >= 4 is 21.4 Å². The van der Waals surface area contributed by atoms with Crippen molar-refractivity contribution in [3.05, 3.63) is 15.8 Å². The third-order valence-electron chi connectivity index (χ3n) is 3.72. The molecule has 1 fully saturated rings. The summed E-state index contributed by atoms with van der Waals surface area (Å²) in [6.07, 6.45) is 2.53. The van der Waals surface area contributed by atoms with Crippen molar-refractivity contribution in [1.82, 2.24) is 4.31 Å². The van der Waals surface area contributed by atoms with Crippen LogP contribution in [0.1, 0.15) is 29.0 Å². The summed E-state index contributed by atoms with van der Waals surface area (Å²) in [5.74, 6) is 0. The minimum absolute atomic E-state index is 0.160. The lowest BCUT2D eigenvalue weighted by Gasteiger charge is -2.31. The van der Waals surface area contributed by atoms with Crippen molar-refractivity contribution in [2.45, 2.75) is 44.1 Å². The van der Waals surface area contributed by atoms with Gasteiger partial charge in [-0.1, -0.05) is 0 Å². The molecule has 1 saturated heterocycles. The molecule has 0 bridgehead atoms. The maximum absolute atomic E-state index is 12.7. The first-order valence-corrected chi connectivity index (χ1v) is 9.59. The van der Waals surface area contributed by atoms with Crippen molar-refractivity contribution in [3.8, 4) is 0 Å². The average Bonchev–Trinajstić information content (AvgIpc) is 2.79. The Kier molecular flexibility index (Phi) is 5.79. The third-order valence-corrected chi connectivity index (χ3v) is 6.84. The second-order valence-corrected chi connectivity index (χ2v) is 8.76. The number of piperidine rings is 1. The van der Waals surface area contributed by atoms with Crippen LogP contribution >= 0.6 is 11.3 Å². The lowest BCUT2D eigenvalue weighted by atomic mass is 10.1. The van der Waals surface area contributed by atoms with Gasteiger partial charge in [-0.05, 0) is 45.7 Å². The van der Waals surface area contributed by atoms with Gasteiger partial charge in [0.05, 0.1) is 11.0 Å². The summed E-state index contributed by atoms with van der Waals surface area (Å²) < 4.78 is 32.6. The van der Waals surface area contributed by atoms with Crippen molar-refractivity contribution in [2.24, 2.45) is 5.73 Å². The number of nitrogens with two attached hydrogens (primary N) is 1. The number of thiophene rings is 1. The predicted molar refractivity (Wildman–Crippen MR) is 85.2 cm³/mol. The number of aryl methyl sites for hydroxylation is 2. The molecular weight excluding hydrogens is 308 g/mol. The Bertz CT molecular complexity index is 561. The quantitative estimate of drug-likeness (QED) is 0.807. The second kappa shape index (κ2) is 7.19. The minimum atomic E-state index is -3.35. The van der Waals surface area contributed by atoms with Gasteiger partial charge in [0, 0.05) is 29.5 Å². The molecule has 1 aliphatic heterocycles. The van der Waals surface area contributed by atoms with Gasteiger partial charge in [0.25, 0.3) is 0 Å². The molecule has 2 N–H and O–H groups in total. The molecule has 120 valence electrons. The molecule has 21 heavy (non-hydrogen) atoms. The van der Waals surface area contributed by atoms with Crippen LogP contribution in [-0.4, -0.2) is 45.1 Å². The molecule has 0 aliphatic carbocycles. The van der Waals surface area contributed by atoms with E-state index in [-0.39, 0.29) is 6.10 Å². The van der Waals surface area contributed by atoms with Gasteiger partial charge in [-0.3, -0.25) is 0 Å². The largest absolute Gasteiger partial charge is 0.378 e. The highest BCUT2D eigenvalue weighted by Gasteiger charge is 2.31. The lowest BCUT2D eigenvalue weighted by Crippen LogP contribution is -2.41. The van der Waals surface area contributed by atoms with E-state index in [2.05, 4.69) is 0 Å². The zero-order valence-corrected chi connectivity index (χ0v) is 14.3. The summed E-state index contributed by atoms with van der Waals surface area (Å²) in [5, 5.41) is 0. The van der Waals surface area contributed by atoms with Gasteiger partial charge in [0.2, 0.25) is 10.0 Å². The molecule has 1 aliphatic rings. The van der Waals surface area contributed by atoms with Crippen LogP contribution in [0.3, 0.4) is 0 Å². The second-order valence-electron chi connectivity index (χ2n) is 5.39. The molecule has 7 heteroatoms. The summed E-state index contributed by atoms with van der Waals surface area (Å²) in [4.78, 5) is 2.37. The van der Waals surface area contributed by atoms with Crippen LogP contribution in [0, 0.1) is 13.8 Å². The van der Waals surface area contributed by atoms with E-state index in [9.17, 15) is 8.42 Å². The fourth-order valence-electron chi connectivity index (χ4n) is 2.58. The van der Waals surface area contributed by atoms with E-state index in [1.807, 2.05) is 13.8 Å². The standard InChI is InChI=1S/C14H24N2O3S2/c1-11-10-14(12(2)20-11)21(17,18)16-7-4-13(5-8-16)19-9-3-6-15/h10,13H,3-9,15H2,1-2H3. The lowest BCUT2D eigenvalue weighted by molar-refractivity contribution is 0.0209. The Labute approximate surface area is 131 Å². The summed E-state index contributed by atoms with van der Waals surface area (Å²) in [6.45, 7) is 6.16. The summed E-state index contributed by atoms with van der Waals surface area (Å²) >= 11 is 1.53. The maximum Gasteiger partial charge on any atom is 0.244 e. The van der Waals surface area contributed by atoms with Crippen molar-refractivity contribution in [3.63, 3.8) is 0 Å². The summed E-state index contributed by atoms with van der Waals surface area (Å²) in [7, 11) is -3.35. The highest BCUT2D eigenvalue weighted by Crippen LogP contribution is 2.29. The molecule has 0 radical (unpaired) electrons. The van der Waals surface area contributed by atoms with Gasteiger partial charge in [-0.2, -0.15) is 4.31 Å². The molecule has 0 amide bonds. The molecule has 2 heterocycles. The Morgan fingerprint density at radius 3 is 2.57 bits per heavy atom. The SMILES string of the molecule is Cc1cc(S(=O)(=O)N2CCC(OCCCN)CC2)c(C)s1. The van der Waals surface area contributed by atoms with Crippen LogP contribution < -0.4 is 5.73 Å². The van der Waals surface area contributed by atoms with Crippen molar-refractivity contribution in [2.75, 3.05) is 26.2 Å². The minimum Gasteiger partial charge on any atom is -0.378 e. The zero-order valence-electron chi connectivity index (χ0n) is 12.7. The first-order valence-electron chi connectivity index (χ1n) is 7.34. The van der Waals surface area contributed by atoms with Gasteiger partial charge < -0.3 is 10.5 Å². The monoisotopic (exact) mass is 332 g/mol. The number of nitrogens with zero attached hydrogens (tertiary/aromatic N) is 1. The highest BCUT2D eigenvalue weighted by atomic mass is 32.2. The first kappa shape index (κ1) is 16.9. The normalized spacial score (nSPS) is 18.2. The number of sulfonamides is 1. The number of hydrogen-bond donors (Lipinski definition) is 1. The van der Waals surface area contributed by atoms with E-state index < -0.39 is 10.0 Å². The van der Waals surface area contributed by atoms with Gasteiger partial charge in [0.15, 0.2) is 0 Å². The zero-order chi connectivity index (χ0) is 15.5. The van der Waals surface area contributed by atoms with Crippen molar-refractivity contribution < 1.29 is 13.2 Å². The highest BCUT2D eigenvalue weighted by molar-refractivity contribution is 7.89. The third kappa shape index (κ3) is 4.04. The molecule has 0 unspecified atom stereocenters. The van der Waals surface area contributed by atoms with Gasteiger partial charge in [0.1, 0.15) is 0 Å². The van der Waals surface area contributed by atoms with E-state index in [4.69, 9.17) is 10.5 Å². The van der Waals surface area contributed by atoms with Crippen molar-refractivity contribution in [1.29, 1.82) is 0 Å². The maximum atomic E-state index is 12.7. The molecule has 5 nitrogen and oxygen atoms in total. The van der Waals surface area contributed by atoms with E-state index in [1.165, 1.54) is 11.3 Å². The van der Waals surface area contributed by atoms with Crippen LogP contribution in [0.15, 0.2) is 11.0 Å². The van der Waals surface area contributed by atoms with Crippen LogP contribution in [-0.2, 0) is 14.8 Å².